The van der Waals surface area contributed by atoms with E-state index in [9.17, 15) is 0 Å². The molecule has 1 atom stereocenters. The van der Waals surface area contributed by atoms with Crippen molar-refractivity contribution in [3.05, 3.63) is 89.5 Å². The Labute approximate surface area is 209 Å². The van der Waals surface area contributed by atoms with E-state index >= 15 is 0 Å². The van der Waals surface area contributed by atoms with Crippen molar-refractivity contribution in [2.45, 2.75) is 50.5 Å². The molecule has 2 fully saturated rings. The summed E-state index contributed by atoms with van der Waals surface area (Å²) in [5.41, 5.74) is 7.76. The van der Waals surface area contributed by atoms with Crippen LogP contribution in [0.25, 0.3) is 11.1 Å². The van der Waals surface area contributed by atoms with Gasteiger partial charge in [-0.05, 0) is 90.5 Å². The van der Waals surface area contributed by atoms with Crippen molar-refractivity contribution in [1.29, 1.82) is 5.26 Å². The number of hydrogen-bond donors (Lipinski definition) is 1. The van der Waals surface area contributed by atoms with Gasteiger partial charge in [0, 0.05) is 30.9 Å². The largest absolute Gasteiger partial charge is 0.372 e. The zero-order valence-electron chi connectivity index (χ0n) is 20.5. The minimum absolute atomic E-state index is 0.164. The van der Waals surface area contributed by atoms with Gasteiger partial charge in [0.15, 0.2) is 0 Å². The van der Waals surface area contributed by atoms with Gasteiger partial charge >= 0.3 is 0 Å². The highest BCUT2D eigenvalue weighted by molar-refractivity contribution is 5.67. The van der Waals surface area contributed by atoms with Gasteiger partial charge in [-0.2, -0.15) is 5.26 Å². The van der Waals surface area contributed by atoms with Crippen LogP contribution in [0.15, 0.2) is 72.8 Å². The van der Waals surface area contributed by atoms with E-state index in [0.717, 1.165) is 37.5 Å². The molecule has 1 aliphatic carbocycles. The molecule has 3 heteroatoms. The van der Waals surface area contributed by atoms with Crippen molar-refractivity contribution >= 4 is 5.69 Å². The lowest BCUT2D eigenvalue weighted by Gasteiger charge is -2.52. The first kappa shape index (κ1) is 22.4. The molecule has 1 N–H and O–H groups in total. The van der Waals surface area contributed by atoms with Gasteiger partial charge in [-0.3, -0.25) is 0 Å². The van der Waals surface area contributed by atoms with E-state index < -0.39 is 0 Å². The summed E-state index contributed by atoms with van der Waals surface area (Å²) in [7, 11) is 0. The second kappa shape index (κ2) is 9.51. The molecule has 1 saturated heterocycles. The minimum atomic E-state index is 0.164. The van der Waals surface area contributed by atoms with Crippen molar-refractivity contribution in [2.75, 3.05) is 24.5 Å². The predicted octanol–water partition coefficient (Wildman–Crippen LogP) is 6.67. The average molecular weight is 462 g/mol. The van der Waals surface area contributed by atoms with Gasteiger partial charge in [0.05, 0.1) is 11.6 Å². The molecule has 2 aliphatic heterocycles. The lowest BCUT2D eigenvalue weighted by Crippen LogP contribution is -2.58. The summed E-state index contributed by atoms with van der Waals surface area (Å²) in [6, 6.07) is 28.4. The number of benzene rings is 3. The Hall–Kier alpha value is -3.09. The van der Waals surface area contributed by atoms with Gasteiger partial charge in [-0.25, -0.2) is 0 Å². The van der Waals surface area contributed by atoms with Gasteiger partial charge in [0.1, 0.15) is 0 Å². The van der Waals surface area contributed by atoms with Crippen molar-refractivity contribution < 1.29 is 0 Å². The van der Waals surface area contributed by atoms with Crippen molar-refractivity contribution in [1.82, 2.24) is 5.32 Å². The van der Waals surface area contributed by atoms with E-state index in [1.807, 2.05) is 24.3 Å². The predicted molar refractivity (Wildman–Crippen MR) is 143 cm³/mol. The summed E-state index contributed by atoms with van der Waals surface area (Å²) in [5, 5.41) is 13.2. The topological polar surface area (TPSA) is 39.1 Å². The molecule has 0 spiro atoms. The molecular formula is C32H35N3. The molecular weight excluding hydrogens is 426 g/mol. The molecule has 3 nitrogen and oxygen atoms in total. The number of hydrogen-bond acceptors (Lipinski definition) is 3. The van der Waals surface area contributed by atoms with Crippen LogP contribution in [0.5, 0.6) is 0 Å². The van der Waals surface area contributed by atoms with Gasteiger partial charge < -0.3 is 10.2 Å². The number of nitrogens with one attached hydrogen (secondary N) is 1. The van der Waals surface area contributed by atoms with Crippen LogP contribution in [-0.2, 0) is 12.0 Å². The van der Waals surface area contributed by atoms with Gasteiger partial charge in [0.25, 0.3) is 0 Å². The van der Waals surface area contributed by atoms with Crippen LogP contribution >= 0.6 is 0 Å². The lowest BCUT2D eigenvalue weighted by atomic mass is 9.63. The average Bonchev–Trinajstić information content (AvgIpc) is 3.49. The standard InChI is InChI=1S/C32H35N3/c33-23-24-9-11-25(12-10-24)26-13-15-30(16-14-26)35-21-18-29(19-22-35)32(28-6-2-3-7-28)31-8-4-1-5-27(31)17-20-34-32/h1,4-5,8-16,28-29,34H,2-3,6-7,17-22H2. The Morgan fingerprint density at radius 1 is 0.771 bits per heavy atom. The molecule has 3 aliphatic rings. The van der Waals surface area contributed by atoms with E-state index in [1.54, 1.807) is 11.1 Å². The minimum Gasteiger partial charge on any atom is -0.372 e. The van der Waals surface area contributed by atoms with Crippen LogP contribution in [0.2, 0.25) is 0 Å². The Kier molecular flexibility index (Phi) is 6.08. The number of nitrogens with zero attached hydrogens (tertiary/aromatic N) is 2. The molecule has 6 rings (SSSR count). The number of anilines is 1. The summed E-state index contributed by atoms with van der Waals surface area (Å²) in [6.45, 7) is 3.36. The van der Waals surface area contributed by atoms with Crippen LogP contribution in [0, 0.1) is 23.2 Å². The van der Waals surface area contributed by atoms with E-state index in [0.29, 0.717) is 11.5 Å². The zero-order chi connectivity index (χ0) is 23.7. The summed E-state index contributed by atoms with van der Waals surface area (Å²) >= 11 is 0. The highest BCUT2D eigenvalue weighted by atomic mass is 15.1. The van der Waals surface area contributed by atoms with E-state index in [4.69, 9.17) is 5.26 Å². The van der Waals surface area contributed by atoms with Crippen molar-refractivity contribution in [3.8, 4) is 17.2 Å². The highest BCUT2D eigenvalue weighted by Crippen LogP contribution is 2.50. The number of piperidine rings is 1. The number of rotatable bonds is 4. The molecule has 2 heterocycles. The maximum atomic E-state index is 9.05. The van der Waals surface area contributed by atoms with E-state index in [-0.39, 0.29) is 5.54 Å². The maximum Gasteiger partial charge on any atom is 0.0991 e. The van der Waals surface area contributed by atoms with Crippen LogP contribution in [-0.4, -0.2) is 19.6 Å². The van der Waals surface area contributed by atoms with Gasteiger partial charge in [-0.1, -0.05) is 61.4 Å². The molecule has 0 bridgehead atoms. The first-order valence-corrected chi connectivity index (χ1v) is 13.5. The third kappa shape index (κ3) is 4.05. The Morgan fingerprint density at radius 3 is 2.09 bits per heavy atom. The van der Waals surface area contributed by atoms with Crippen LogP contribution in [0.3, 0.4) is 0 Å². The number of fused-ring (bicyclic) bond motifs is 1. The van der Waals surface area contributed by atoms with Gasteiger partial charge in [-0.15, -0.1) is 0 Å². The molecule has 0 amide bonds. The fourth-order valence-electron chi connectivity index (χ4n) is 7.28. The second-order valence-electron chi connectivity index (χ2n) is 10.7. The molecule has 1 saturated carbocycles. The summed E-state index contributed by atoms with van der Waals surface area (Å²) in [5.74, 6) is 1.47. The fraction of sp³-hybridized carbons (Fsp3) is 0.406. The third-order valence-electron chi connectivity index (χ3n) is 8.99. The van der Waals surface area contributed by atoms with Crippen molar-refractivity contribution in [2.24, 2.45) is 11.8 Å². The van der Waals surface area contributed by atoms with E-state index in [2.05, 4.69) is 64.8 Å². The molecule has 0 radical (unpaired) electrons. The van der Waals surface area contributed by atoms with Crippen LogP contribution in [0.1, 0.15) is 55.2 Å². The molecule has 0 aromatic heterocycles. The monoisotopic (exact) mass is 461 g/mol. The first-order chi connectivity index (χ1) is 17.3. The lowest BCUT2D eigenvalue weighted by molar-refractivity contribution is 0.0938. The zero-order valence-corrected chi connectivity index (χ0v) is 20.5. The second-order valence-corrected chi connectivity index (χ2v) is 10.7. The van der Waals surface area contributed by atoms with Crippen LogP contribution < -0.4 is 10.2 Å². The Morgan fingerprint density at radius 2 is 1.40 bits per heavy atom. The highest BCUT2D eigenvalue weighted by Gasteiger charge is 2.49. The smallest absolute Gasteiger partial charge is 0.0991 e. The molecule has 178 valence electrons. The quantitative estimate of drug-likeness (QED) is 0.471. The summed E-state index contributed by atoms with van der Waals surface area (Å²) in [4.78, 5) is 2.58. The molecule has 1 unspecified atom stereocenters. The fourth-order valence-corrected chi connectivity index (χ4v) is 7.28. The summed E-state index contributed by atoms with van der Waals surface area (Å²) in [6.07, 6.45) is 9.18. The van der Waals surface area contributed by atoms with Crippen molar-refractivity contribution in [3.63, 3.8) is 0 Å². The Balaban J connectivity index is 1.20. The van der Waals surface area contributed by atoms with Crippen LogP contribution in [0.4, 0.5) is 5.69 Å². The maximum absolute atomic E-state index is 9.05. The normalized spacial score (nSPS) is 23.1. The summed E-state index contributed by atoms with van der Waals surface area (Å²) < 4.78 is 0. The van der Waals surface area contributed by atoms with E-state index in [1.165, 1.54) is 49.8 Å². The number of nitriles is 1. The SMILES string of the molecule is N#Cc1ccc(-c2ccc(N3CCC(C4(C5CCCC5)NCCc5ccccc54)CC3)cc2)cc1. The molecule has 35 heavy (non-hydrogen) atoms. The molecule has 3 aromatic rings. The van der Waals surface area contributed by atoms with Gasteiger partial charge in [0.2, 0.25) is 0 Å². The molecule has 3 aromatic carbocycles. The third-order valence-corrected chi connectivity index (χ3v) is 8.99. The first-order valence-electron chi connectivity index (χ1n) is 13.5. The Bertz CT molecular complexity index is 1190.